The molecule has 0 unspecified atom stereocenters. The van der Waals surface area contributed by atoms with Crippen LogP contribution in [0.25, 0.3) is 0 Å². The lowest BCUT2D eigenvalue weighted by Crippen LogP contribution is -2.36. The lowest BCUT2D eigenvalue weighted by Gasteiger charge is -2.33. The Bertz CT molecular complexity index is 541. The van der Waals surface area contributed by atoms with Gasteiger partial charge >= 0.3 is 0 Å². The van der Waals surface area contributed by atoms with Crippen molar-refractivity contribution in [3.8, 4) is 0 Å². The number of benzene rings is 2. The highest BCUT2D eigenvalue weighted by Crippen LogP contribution is 2.24. The van der Waals surface area contributed by atoms with Gasteiger partial charge in [-0.3, -0.25) is 0 Å². The average molecular weight is 293 g/mol. The molecule has 1 aliphatic heterocycles. The molecule has 1 aliphatic rings. The van der Waals surface area contributed by atoms with Crippen LogP contribution in [-0.4, -0.2) is 24.5 Å². The first kappa shape index (κ1) is 15.3. The molecular weight excluding hydrogens is 266 g/mol. The van der Waals surface area contributed by atoms with Gasteiger partial charge < -0.3 is 4.90 Å². The summed E-state index contributed by atoms with van der Waals surface area (Å²) >= 11 is 0. The first-order valence-electron chi connectivity index (χ1n) is 8.62. The molecule has 0 aromatic heterocycles. The maximum absolute atomic E-state index is 2.65. The highest BCUT2D eigenvalue weighted by atomic mass is 15.1. The quantitative estimate of drug-likeness (QED) is 0.769. The van der Waals surface area contributed by atoms with E-state index in [9.17, 15) is 0 Å². The summed E-state index contributed by atoms with van der Waals surface area (Å²) in [5.41, 5.74) is 2.97. The van der Waals surface area contributed by atoms with Gasteiger partial charge in [0.25, 0.3) is 0 Å². The molecule has 3 rings (SSSR count). The molecule has 1 atom stereocenters. The Labute approximate surface area is 135 Å². The van der Waals surface area contributed by atoms with Crippen LogP contribution in [0, 0.1) is 5.92 Å². The predicted molar refractivity (Wildman–Crippen MR) is 94.2 cm³/mol. The van der Waals surface area contributed by atoms with Crippen molar-refractivity contribution in [1.82, 2.24) is 4.90 Å². The molecule has 0 bridgehead atoms. The molecule has 2 aromatic rings. The monoisotopic (exact) mass is 293 g/mol. The summed E-state index contributed by atoms with van der Waals surface area (Å²) in [6.45, 7) is 6.07. The standard InChI is InChI=1S/C21H27N/c1-18(21-10-6-3-7-11-21)17-22-14-12-20(13-15-22)16-19-8-4-2-5-9-19/h2-11,18,20H,12-17H2,1H3/t18-/m1/s1. The van der Waals surface area contributed by atoms with Crippen molar-refractivity contribution in [2.45, 2.75) is 32.1 Å². The highest BCUT2D eigenvalue weighted by Gasteiger charge is 2.21. The Kier molecular flexibility index (Phi) is 5.29. The van der Waals surface area contributed by atoms with E-state index in [-0.39, 0.29) is 0 Å². The van der Waals surface area contributed by atoms with Gasteiger partial charge in [-0.15, -0.1) is 0 Å². The minimum absolute atomic E-state index is 0.631. The van der Waals surface area contributed by atoms with Crippen LogP contribution in [0.1, 0.15) is 36.8 Å². The Morgan fingerprint density at radius 1 is 0.909 bits per heavy atom. The van der Waals surface area contributed by atoms with Gasteiger partial charge in [0.05, 0.1) is 0 Å². The van der Waals surface area contributed by atoms with Gasteiger partial charge in [-0.1, -0.05) is 67.6 Å². The molecule has 116 valence electrons. The molecule has 0 spiro atoms. The van der Waals surface area contributed by atoms with Crippen LogP contribution < -0.4 is 0 Å². The number of nitrogens with zero attached hydrogens (tertiary/aromatic N) is 1. The van der Waals surface area contributed by atoms with Gasteiger partial charge in [-0.25, -0.2) is 0 Å². The topological polar surface area (TPSA) is 3.24 Å². The number of piperidine rings is 1. The van der Waals surface area contributed by atoms with Gasteiger partial charge in [0.1, 0.15) is 0 Å². The molecule has 0 N–H and O–H groups in total. The van der Waals surface area contributed by atoms with Gasteiger partial charge in [-0.05, 0) is 55.3 Å². The first-order chi connectivity index (χ1) is 10.8. The Hall–Kier alpha value is -1.60. The summed E-state index contributed by atoms with van der Waals surface area (Å²) in [5.74, 6) is 1.50. The van der Waals surface area contributed by atoms with Gasteiger partial charge in [0, 0.05) is 6.54 Å². The van der Waals surface area contributed by atoms with Gasteiger partial charge in [0.15, 0.2) is 0 Å². The van der Waals surface area contributed by atoms with Crippen molar-refractivity contribution >= 4 is 0 Å². The molecule has 1 saturated heterocycles. The molecule has 0 aliphatic carbocycles. The van der Waals surface area contributed by atoms with Crippen LogP contribution in [-0.2, 0) is 6.42 Å². The highest BCUT2D eigenvalue weighted by molar-refractivity contribution is 5.19. The SMILES string of the molecule is C[C@H](CN1CCC(Cc2ccccc2)CC1)c1ccccc1. The molecule has 2 aromatic carbocycles. The summed E-state index contributed by atoms with van der Waals surface area (Å²) in [7, 11) is 0. The fourth-order valence-corrected chi connectivity index (χ4v) is 3.59. The first-order valence-corrected chi connectivity index (χ1v) is 8.62. The Morgan fingerprint density at radius 3 is 2.14 bits per heavy atom. The van der Waals surface area contributed by atoms with E-state index in [0.717, 1.165) is 5.92 Å². The van der Waals surface area contributed by atoms with Crippen molar-refractivity contribution in [2.75, 3.05) is 19.6 Å². The summed E-state index contributed by atoms with van der Waals surface area (Å²) in [6, 6.07) is 21.9. The minimum atomic E-state index is 0.631. The Balaban J connectivity index is 1.46. The van der Waals surface area contributed by atoms with Crippen LogP contribution in [0.2, 0.25) is 0 Å². The molecule has 0 amide bonds. The van der Waals surface area contributed by atoms with Crippen LogP contribution in [0.15, 0.2) is 60.7 Å². The molecule has 0 saturated carbocycles. The fourth-order valence-electron chi connectivity index (χ4n) is 3.59. The normalized spacial score (nSPS) is 18.2. The summed E-state index contributed by atoms with van der Waals surface area (Å²) in [5, 5.41) is 0. The van der Waals surface area contributed by atoms with E-state index in [0.29, 0.717) is 5.92 Å². The van der Waals surface area contributed by atoms with Crippen LogP contribution in [0.4, 0.5) is 0 Å². The van der Waals surface area contributed by atoms with E-state index < -0.39 is 0 Å². The third-order valence-corrected chi connectivity index (χ3v) is 4.98. The van der Waals surface area contributed by atoms with Crippen molar-refractivity contribution in [2.24, 2.45) is 5.92 Å². The van der Waals surface area contributed by atoms with Gasteiger partial charge in [-0.2, -0.15) is 0 Å². The number of likely N-dealkylation sites (tertiary alicyclic amines) is 1. The molecular formula is C21H27N. The zero-order chi connectivity index (χ0) is 15.2. The molecule has 1 nitrogen and oxygen atoms in total. The van der Waals surface area contributed by atoms with Gasteiger partial charge in [0.2, 0.25) is 0 Å². The molecule has 1 heteroatoms. The summed E-state index contributed by atoms with van der Waals surface area (Å²) in [4.78, 5) is 2.65. The third-order valence-electron chi connectivity index (χ3n) is 4.98. The predicted octanol–water partition coefficient (Wildman–Crippen LogP) is 4.74. The zero-order valence-electron chi connectivity index (χ0n) is 13.6. The van der Waals surface area contributed by atoms with E-state index >= 15 is 0 Å². The molecule has 22 heavy (non-hydrogen) atoms. The van der Waals surface area contributed by atoms with E-state index in [4.69, 9.17) is 0 Å². The van der Waals surface area contributed by atoms with E-state index in [2.05, 4.69) is 72.5 Å². The van der Waals surface area contributed by atoms with E-state index in [1.54, 1.807) is 0 Å². The lowest BCUT2D eigenvalue weighted by atomic mass is 9.89. The second-order valence-electron chi connectivity index (χ2n) is 6.75. The van der Waals surface area contributed by atoms with Crippen molar-refractivity contribution in [3.63, 3.8) is 0 Å². The second kappa shape index (κ2) is 7.60. The maximum atomic E-state index is 2.65. The fraction of sp³-hybridized carbons (Fsp3) is 0.429. The molecule has 1 fully saturated rings. The smallest absolute Gasteiger partial charge is 0.00476 e. The summed E-state index contributed by atoms with van der Waals surface area (Å²) in [6.07, 6.45) is 3.94. The largest absolute Gasteiger partial charge is 0.303 e. The Morgan fingerprint density at radius 2 is 1.50 bits per heavy atom. The van der Waals surface area contributed by atoms with Crippen molar-refractivity contribution in [1.29, 1.82) is 0 Å². The van der Waals surface area contributed by atoms with Crippen molar-refractivity contribution in [3.05, 3.63) is 71.8 Å². The summed E-state index contributed by atoms with van der Waals surface area (Å²) < 4.78 is 0. The number of hydrogen-bond acceptors (Lipinski definition) is 1. The lowest BCUT2D eigenvalue weighted by molar-refractivity contribution is 0.177. The molecule has 0 radical (unpaired) electrons. The third kappa shape index (κ3) is 4.20. The van der Waals surface area contributed by atoms with E-state index in [1.807, 2.05) is 0 Å². The second-order valence-corrected chi connectivity index (χ2v) is 6.75. The number of hydrogen-bond donors (Lipinski definition) is 0. The average Bonchev–Trinajstić information content (AvgIpc) is 2.58. The van der Waals surface area contributed by atoms with E-state index in [1.165, 1.54) is 50.0 Å². The maximum Gasteiger partial charge on any atom is 0.00476 e. The number of rotatable bonds is 5. The van der Waals surface area contributed by atoms with Crippen LogP contribution in [0.5, 0.6) is 0 Å². The van der Waals surface area contributed by atoms with Crippen molar-refractivity contribution < 1.29 is 0 Å². The zero-order valence-corrected chi connectivity index (χ0v) is 13.6. The minimum Gasteiger partial charge on any atom is -0.303 e. The van der Waals surface area contributed by atoms with Crippen LogP contribution >= 0.6 is 0 Å². The van der Waals surface area contributed by atoms with Crippen LogP contribution in [0.3, 0.4) is 0 Å². The molecule has 1 heterocycles.